The lowest BCUT2D eigenvalue weighted by Crippen LogP contribution is -2.48. The van der Waals surface area contributed by atoms with E-state index in [1.165, 1.54) is 49.5 Å². The number of carboxylic acid groups (broad SMARTS) is 2. The third kappa shape index (κ3) is 7.42. The zero-order valence-corrected chi connectivity index (χ0v) is 20.6. The number of methoxy groups -OCH3 is 1. The Balaban J connectivity index is 2.29. The van der Waals surface area contributed by atoms with Crippen LogP contribution < -0.4 is 5.43 Å². The normalized spacial score (nSPS) is 14.5. The second-order valence-corrected chi connectivity index (χ2v) is 8.77. The highest BCUT2D eigenvalue weighted by Crippen LogP contribution is 2.25. The number of allylic oxidation sites excluding steroid dienone is 1. The Bertz CT molecular complexity index is 1060. The minimum absolute atomic E-state index is 0.0116. The Kier molecular flexibility index (Phi) is 9.77. The molecule has 0 radical (unpaired) electrons. The Hall–Kier alpha value is -4.15. The van der Waals surface area contributed by atoms with Crippen LogP contribution in [0.3, 0.4) is 0 Å². The van der Waals surface area contributed by atoms with E-state index in [0.717, 1.165) is 4.90 Å². The maximum atomic E-state index is 13.4. The lowest BCUT2D eigenvalue weighted by Gasteiger charge is -2.34. The Morgan fingerprint density at radius 2 is 1.67 bits per heavy atom. The van der Waals surface area contributed by atoms with Crippen molar-refractivity contribution in [3.05, 3.63) is 59.4 Å². The highest BCUT2D eigenvalue weighted by Gasteiger charge is 2.35. The highest BCUT2D eigenvalue weighted by molar-refractivity contribution is 5.96. The molecule has 1 aromatic carbocycles. The topological polar surface area (TPSA) is 154 Å². The van der Waals surface area contributed by atoms with Crippen molar-refractivity contribution in [3.8, 4) is 0 Å². The number of aliphatic carboxylic acids is 2. The first-order valence-corrected chi connectivity index (χ1v) is 11.4. The Labute approximate surface area is 209 Å². The zero-order valence-electron chi connectivity index (χ0n) is 20.6. The largest absolute Gasteiger partial charge is 0.481 e. The number of ether oxygens (including phenoxy) is 1. The number of hydrazine groups is 1. The molecule has 1 unspecified atom stereocenters. The molecule has 0 saturated heterocycles. The van der Waals surface area contributed by atoms with Crippen LogP contribution in [0.25, 0.3) is 0 Å². The number of hydrogen-bond acceptors (Lipinski definition) is 7. The summed E-state index contributed by atoms with van der Waals surface area (Å²) in [6.45, 7) is 5.27. The number of carbonyl (C=O) groups is 5. The van der Waals surface area contributed by atoms with E-state index in [9.17, 15) is 34.2 Å². The summed E-state index contributed by atoms with van der Waals surface area (Å²) in [5, 5.41) is 20.3. The summed E-state index contributed by atoms with van der Waals surface area (Å²) < 4.78 is 4.64. The average Bonchev–Trinajstić information content (AvgIpc) is 2.82. The first kappa shape index (κ1) is 28.1. The van der Waals surface area contributed by atoms with E-state index in [2.05, 4.69) is 10.2 Å². The quantitative estimate of drug-likeness (QED) is 0.387. The summed E-state index contributed by atoms with van der Waals surface area (Å²) in [5.74, 6) is -4.98. The van der Waals surface area contributed by atoms with Crippen molar-refractivity contribution in [1.82, 2.24) is 15.3 Å². The fourth-order valence-corrected chi connectivity index (χ4v) is 3.73. The molecule has 1 aliphatic rings. The van der Waals surface area contributed by atoms with Crippen molar-refractivity contribution in [2.45, 2.75) is 39.7 Å². The summed E-state index contributed by atoms with van der Waals surface area (Å²) in [5.41, 5.74) is 3.40. The van der Waals surface area contributed by atoms with Gasteiger partial charge in [-0.2, -0.15) is 0 Å². The molecule has 36 heavy (non-hydrogen) atoms. The van der Waals surface area contributed by atoms with Crippen LogP contribution in [-0.4, -0.2) is 69.5 Å². The van der Waals surface area contributed by atoms with Crippen LogP contribution in [0.4, 0.5) is 0 Å². The number of carboxylic acids is 2. The SMILES string of the molecule is COC(=O)c1ccc(C(=O)NN2C=C(N(C(=O)C(CC(=O)O)CC(C)C)[C@@H](C)C(=O)O)C=CC2)cc1. The maximum Gasteiger partial charge on any atom is 0.337 e. The number of carbonyl (C=O) groups excluding carboxylic acids is 3. The molecule has 0 aliphatic carbocycles. The minimum atomic E-state index is -1.28. The van der Waals surface area contributed by atoms with Gasteiger partial charge in [0.25, 0.3) is 5.91 Å². The van der Waals surface area contributed by atoms with Gasteiger partial charge in [0, 0.05) is 17.7 Å². The molecule has 11 nitrogen and oxygen atoms in total. The van der Waals surface area contributed by atoms with Gasteiger partial charge in [0.2, 0.25) is 5.91 Å². The molecule has 0 spiro atoms. The number of nitrogens with one attached hydrogen (secondary N) is 1. The van der Waals surface area contributed by atoms with E-state index in [1.807, 2.05) is 13.8 Å². The van der Waals surface area contributed by atoms with Crippen molar-refractivity contribution in [2.24, 2.45) is 11.8 Å². The van der Waals surface area contributed by atoms with Gasteiger partial charge in [-0.05, 0) is 49.6 Å². The predicted octanol–water partition coefficient (Wildman–Crippen LogP) is 2.27. The lowest BCUT2D eigenvalue weighted by atomic mass is 9.92. The minimum Gasteiger partial charge on any atom is -0.481 e. The molecule has 2 amide bonds. The Morgan fingerprint density at radius 3 is 2.19 bits per heavy atom. The molecular formula is C25H31N3O8. The molecule has 0 fully saturated rings. The standard InChI is InChI=1S/C25H31N3O8/c1-15(2)12-19(13-21(29)30)23(32)28(16(3)24(33)34)20-6-5-11-27(14-20)26-22(31)17-7-9-18(10-8-17)25(35)36-4/h5-10,14-16,19H,11-13H2,1-4H3,(H,26,31)(H,29,30)(H,33,34)/t16-,19?/m0/s1. The van der Waals surface area contributed by atoms with Crippen LogP contribution in [-0.2, 0) is 19.1 Å². The molecule has 1 aromatic rings. The molecule has 3 N–H and O–H groups in total. The van der Waals surface area contributed by atoms with Gasteiger partial charge in [-0.1, -0.05) is 19.9 Å². The van der Waals surface area contributed by atoms with Crippen LogP contribution in [0.5, 0.6) is 0 Å². The number of nitrogens with zero attached hydrogens (tertiary/aromatic N) is 2. The molecule has 0 saturated carbocycles. The number of amides is 2. The van der Waals surface area contributed by atoms with Crippen LogP contribution >= 0.6 is 0 Å². The first-order chi connectivity index (χ1) is 16.9. The molecule has 0 aromatic heterocycles. The molecule has 1 heterocycles. The smallest absolute Gasteiger partial charge is 0.337 e. The van der Waals surface area contributed by atoms with Gasteiger partial charge >= 0.3 is 17.9 Å². The van der Waals surface area contributed by atoms with Crippen molar-refractivity contribution < 1.29 is 38.9 Å². The molecule has 0 bridgehead atoms. The fourth-order valence-electron chi connectivity index (χ4n) is 3.73. The fraction of sp³-hybridized carbons (Fsp3) is 0.400. The van der Waals surface area contributed by atoms with E-state index < -0.39 is 48.1 Å². The van der Waals surface area contributed by atoms with Crippen LogP contribution in [0, 0.1) is 11.8 Å². The van der Waals surface area contributed by atoms with Gasteiger partial charge in [-0.15, -0.1) is 0 Å². The van der Waals surface area contributed by atoms with E-state index in [4.69, 9.17) is 0 Å². The van der Waals surface area contributed by atoms with Crippen molar-refractivity contribution in [1.29, 1.82) is 0 Å². The predicted molar refractivity (Wildman–Crippen MR) is 128 cm³/mol. The molecule has 194 valence electrons. The summed E-state index contributed by atoms with van der Waals surface area (Å²) >= 11 is 0. The summed E-state index contributed by atoms with van der Waals surface area (Å²) in [6.07, 6.45) is 4.45. The van der Waals surface area contributed by atoms with Crippen molar-refractivity contribution in [3.63, 3.8) is 0 Å². The molecule has 2 rings (SSSR count). The second kappa shape index (κ2) is 12.5. The average molecular weight is 502 g/mol. The number of benzene rings is 1. The van der Waals surface area contributed by atoms with Crippen LogP contribution in [0.1, 0.15) is 54.3 Å². The summed E-state index contributed by atoms with van der Waals surface area (Å²) in [4.78, 5) is 61.9. The third-order valence-electron chi connectivity index (χ3n) is 5.48. The number of rotatable bonds is 11. The van der Waals surface area contributed by atoms with Crippen LogP contribution in [0.15, 0.2) is 48.3 Å². The number of hydrogen-bond donors (Lipinski definition) is 3. The zero-order chi connectivity index (χ0) is 27.0. The highest BCUT2D eigenvalue weighted by atomic mass is 16.5. The van der Waals surface area contributed by atoms with E-state index in [-0.39, 0.29) is 35.7 Å². The third-order valence-corrected chi connectivity index (χ3v) is 5.48. The summed E-state index contributed by atoms with van der Waals surface area (Å²) in [7, 11) is 1.25. The number of esters is 1. The Morgan fingerprint density at radius 1 is 1.06 bits per heavy atom. The van der Waals surface area contributed by atoms with Crippen molar-refractivity contribution >= 4 is 29.7 Å². The van der Waals surface area contributed by atoms with Gasteiger partial charge in [0.15, 0.2) is 0 Å². The van der Waals surface area contributed by atoms with Gasteiger partial charge in [-0.25, -0.2) is 9.59 Å². The second-order valence-electron chi connectivity index (χ2n) is 8.77. The monoisotopic (exact) mass is 501 g/mol. The van der Waals surface area contributed by atoms with Gasteiger partial charge in [0.1, 0.15) is 6.04 Å². The summed E-state index contributed by atoms with van der Waals surface area (Å²) in [6, 6.07) is 4.53. The van der Waals surface area contributed by atoms with Crippen molar-refractivity contribution in [2.75, 3.05) is 13.7 Å². The maximum absolute atomic E-state index is 13.4. The molecule has 2 atom stereocenters. The van der Waals surface area contributed by atoms with E-state index >= 15 is 0 Å². The molecule has 11 heteroatoms. The first-order valence-electron chi connectivity index (χ1n) is 11.4. The molecular weight excluding hydrogens is 470 g/mol. The van der Waals surface area contributed by atoms with E-state index in [0.29, 0.717) is 0 Å². The van der Waals surface area contributed by atoms with Gasteiger partial charge < -0.3 is 14.9 Å². The molecule has 1 aliphatic heterocycles. The van der Waals surface area contributed by atoms with Gasteiger partial charge in [0.05, 0.1) is 31.3 Å². The van der Waals surface area contributed by atoms with E-state index in [1.54, 1.807) is 12.2 Å². The van der Waals surface area contributed by atoms with Gasteiger partial charge in [-0.3, -0.25) is 29.7 Å². The lowest BCUT2D eigenvalue weighted by molar-refractivity contribution is -0.151. The van der Waals surface area contributed by atoms with Crippen LogP contribution in [0.2, 0.25) is 0 Å².